The molecule has 0 saturated heterocycles. The van der Waals surface area contributed by atoms with Gasteiger partial charge in [0.2, 0.25) is 0 Å². The standard InChI is InChI=1S/C12H17N3S/c1-3-9-5-7-10(8-6-9)11(4-2)14-15-12(13)16/h5-8H,3-4H2,1-2H3,(H3,13,15,16). The SMILES string of the molecule is CCC(=NNC(N)=S)c1ccc(CC)cc1. The van der Waals surface area contributed by atoms with Crippen LogP contribution in [0.1, 0.15) is 31.4 Å². The number of hydrogen-bond acceptors (Lipinski definition) is 2. The maximum Gasteiger partial charge on any atom is 0.184 e. The molecule has 0 saturated carbocycles. The quantitative estimate of drug-likeness (QED) is 0.478. The number of hydrazone groups is 1. The lowest BCUT2D eigenvalue weighted by Crippen LogP contribution is -2.25. The second kappa shape index (κ2) is 6.23. The van der Waals surface area contributed by atoms with Crippen molar-refractivity contribution in [2.45, 2.75) is 26.7 Å². The van der Waals surface area contributed by atoms with Crippen LogP contribution in [0.25, 0.3) is 0 Å². The first kappa shape index (κ1) is 12.6. The molecule has 0 atom stereocenters. The molecule has 86 valence electrons. The topological polar surface area (TPSA) is 50.4 Å². The van der Waals surface area contributed by atoms with Crippen molar-refractivity contribution >= 4 is 23.0 Å². The monoisotopic (exact) mass is 235 g/mol. The van der Waals surface area contributed by atoms with E-state index in [1.807, 2.05) is 6.92 Å². The van der Waals surface area contributed by atoms with Crippen LogP contribution in [-0.4, -0.2) is 10.8 Å². The fourth-order valence-corrected chi connectivity index (χ4v) is 1.45. The summed E-state index contributed by atoms with van der Waals surface area (Å²) in [4.78, 5) is 0. The Morgan fingerprint density at radius 2 is 1.94 bits per heavy atom. The molecule has 0 aliphatic carbocycles. The van der Waals surface area contributed by atoms with Gasteiger partial charge in [-0.2, -0.15) is 5.10 Å². The molecule has 0 bridgehead atoms. The minimum atomic E-state index is 0.191. The highest BCUT2D eigenvalue weighted by atomic mass is 32.1. The van der Waals surface area contributed by atoms with E-state index in [0.29, 0.717) is 0 Å². The number of benzene rings is 1. The van der Waals surface area contributed by atoms with E-state index >= 15 is 0 Å². The lowest BCUT2D eigenvalue weighted by atomic mass is 10.1. The fourth-order valence-electron chi connectivity index (χ4n) is 1.40. The Labute approximate surface area is 102 Å². The molecule has 16 heavy (non-hydrogen) atoms. The van der Waals surface area contributed by atoms with Gasteiger partial charge in [-0.05, 0) is 36.2 Å². The molecular formula is C12H17N3S. The van der Waals surface area contributed by atoms with Gasteiger partial charge < -0.3 is 5.73 Å². The molecule has 0 amide bonds. The Bertz CT molecular complexity index is 382. The number of aryl methyl sites for hydroxylation is 1. The molecule has 0 aromatic heterocycles. The summed E-state index contributed by atoms with van der Waals surface area (Å²) in [7, 11) is 0. The van der Waals surface area contributed by atoms with Crippen LogP contribution in [0.3, 0.4) is 0 Å². The summed E-state index contributed by atoms with van der Waals surface area (Å²) in [6.45, 7) is 4.19. The number of nitrogens with two attached hydrogens (primary N) is 1. The summed E-state index contributed by atoms with van der Waals surface area (Å²) in [5.41, 5.74) is 11.3. The van der Waals surface area contributed by atoms with Gasteiger partial charge in [0.25, 0.3) is 0 Å². The first-order chi connectivity index (χ1) is 7.67. The van der Waals surface area contributed by atoms with E-state index < -0.39 is 0 Å². The van der Waals surface area contributed by atoms with E-state index in [0.717, 1.165) is 24.1 Å². The van der Waals surface area contributed by atoms with Crippen LogP contribution >= 0.6 is 12.2 Å². The Morgan fingerprint density at radius 3 is 2.38 bits per heavy atom. The number of hydrogen-bond donors (Lipinski definition) is 2. The molecule has 0 unspecified atom stereocenters. The lowest BCUT2D eigenvalue weighted by Gasteiger charge is -2.05. The van der Waals surface area contributed by atoms with Gasteiger partial charge in [0.05, 0.1) is 5.71 Å². The van der Waals surface area contributed by atoms with Gasteiger partial charge in [0.15, 0.2) is 5.11 Å². The van der Waals surface area contributed by atoms with Gasteiger partial charge in [0, 0.05) is 0 Å². The van der Waals surface area contributed by atoms with Gasteiger partial charge >= 0.3 is 0 Å². The van der Waals surface area contributed by atoms with Gasteiger partial charge in [-0.1, -0.05) is 38.1 Å². The predicted molar refractivity (Wildman–Crippen MR) is 72.6 cm³/mol. The summed E-state index contributed by atoms with van der Waals surface area (Å²) in [6.07, 6.45) is 1.88. The lowest BCUT2D eigenvalue weighted by molar-refractivity contribution is 1.01. The summed E-state index contributed by atoms with van der Waals surface area (Å²) >= 11 is 4.71. The van der Waals surface area contributed by atoms with Gasteiger partial charge in [-0.25, -0.2) is 0 Å². The molecule has 1 aromatic carbocycles. The van der Waals surface area contributed by atoms with E-state index in [1.165, 1.54) is 5.56 Å². The third-order valence-corrected chi connectivity index (χ3v) is 2.42. The van der Waals surface area contributed by atoms with Crippen molar-refractivity contribution in [2.75, 3.05) is 0 Å². The molecule has 3 N–H and O–H groups in total. The summed E-state index contributed by atoms with van der Waals surface area (Å²) in [5.74, 6) is 0. The van der Waals surface area contributed by atoms with Crippen molar-refractivity contribution in [1.29, 1.82) is 0 Å². The molecule has 0 fully saturated rings. The zero-order chi connectivity index (χ0) is 12.0. The minimum Gasteiger partial charge on any atom is -0.375 e. The molecule has 1 rings (SSSR count). The van der Waals surface area contributed by atoms with Crippen LogP contribution < -0.4 is 11.2 Å². The highest BCUT2D eigenvalue weighted by Gasteiger charge is 2.01. The summed E-state index contributed by atoms with van der Waals surface area (Å²) < 4.78 is 0. The first-order valence-corrected chi connectivity index (χ1v) is 5.79. The molecule has 0 aliphatic rings. The van der Waals surface area contributed by atoms with E-state index in [-0.39, 0.29) is 5.11 Å². The minimum absolute atomic E-state index is 0.191. The van der Waals surface area contributed by atoms with Crippen molar-refractivity contribution in [3.63, 3.8) is 0 Å². The van der Waals surface area contributed by atoms with E-state index in [9.17, 15) is 0 Å². The normalized spacial score (nSPS) is 11.2. The second-order valence-electron chi connectivity index (χ2n) is 3.44. The average Bonchev–Trinajstić information content (AvgIpc) is 2.30. The van der Waals surface area contributed by atoms with Crippen LogP contribution in [0.4, 0.5) is 0 Å². The van der Waals surface area contributed by atoms with Gasteiger partial charge in [0.1, 0.15) is 0 Å². The third kappa shape index (κ3) is 3.62. The third-order valence-electron chi connectivity index (χ3n) is 2.33. The predicted octanol–water partition coefficient (Wildman–Crippen LogP) is 2.20. The molecule has 0 aliphatic heterocycles. The summed E-state index contributed by atoms with van der Waals surface area (Å²) in [5, 5.41) is 4.36. The largest absolute Gasteiger partial charge is 0.375 e. The molecule has 1 aromatic rings. The Balaban J connectivity index is 2.86. The maximum absolute atomic E-state index is 5.33. The highest BCUT2D eigenvalue weighted by Crippen LogP contribution is 2.08. The van der Waals surface area contributed by atoms with E-state index in [4.69, 9.17) is 18.0 Å². The molecule has 3 nitrogen and oxygen atoms in total. The molecular weight excluding hydrogens is 218 g/mol. The van der Waals surface area contributed by atoms with Crippen LogP contribution in [-0.2, 0) is 6.42 Å². The maximum atomic E-state index is 5.33. The van der Waals surface area contributed by atoms with Crippen LogP contribution in [0.5, 0.6) is 0 Å². The fraction of sp³-hybridized carbons (Fsp3) is 0.333. The zero-order valence-corrected chi connectivity index (χ0v) is 10.5. The second-order valence-corrected chi connectivity index (χ2v) is 3.88. The molecule has 0 spiro atoms. The Hall–Kier alpha value is -1.42. The van der Waals surface area contributed by atoms with Crippen LogP contribution in [0, 0.1) is 0 Å². The number of rotatable bonds is 4. The molecule has 0 radical (unpaired) electrons. The Morgan fingerprint density at radius 1 is 1.31 bits per heavy atom. The zero-order valence-electron chi connectivity index (χ0n) is 9.66. The average molecular weight is 235 g/mol. The number of nitrogens with zero attached hydrogens (tertiary/aromatic N) is 1. The number of nitrogens with one attached hydrogen (secondary N) is 1. The van der Waals surface area contributed by atoms with E-state index in [2.05, 4.69) is 41.7 Å². The number of thiocarbonyl (C=S) groups is 1. The smallest absolute Gasteiger partial charge is 0.184 e. The first-order valence-electron chi connectivity index (χ1n) is 5.38. The van der Waals surface area contributed by atoms with Crippen molar-refractivity contribution in [2.24, 2.45) is 10.8 Å². The van der Waals surface area contributed by atoms with Crippen LogP contribution in [0.2, 0.25) is 0 Å². The van der Waals surface area contributed by atoms with Crippen molar-refractivity contribution in [1.82, 2.24) is 5.43 Å². The van der Waals surface area contributed by atoms with Gasteiger partial charge in [-0.3, -0.25) is 5.43 Å². The molecule has 0 heterocycles. The van der Waals surface area contributed by atoms with Crippen molar-refractivity contribution < 1.29 is 0 Å². The molecule has 4 heteroatoms. The van der Waals surface area contributed by atoms with Crippen LogP contribution in [0.15, 0.2) is 29.4 Å². The summed E-state index contributed by atoms with van der Waals surface area (Å²) in [6, 6.07) is 8.37. The van der Waals surface area contributed by atoms with Crippen molar-refractivity contribution in [3.05, 3.63) is 35.4 Å². The van der Waals surface area contributed by atoms with Crippen molar-refractivity contribution in [3.8, 4) is 0 Å². The Kier molecular flexibility index (Phi) is 4.92. The van der Waals surface area contributed by atoms with Gasteiger partial charge in [-0.15, -0.1) is 0 Å². The highest BCUT2D eigenvalue weighted by molar-refractivity contribution is 7.80. The van der Waals surface area contributed by atoms with E-state index in [1.54, 1.807) is 0 Å².